The van der Waals surface area contributed by atoms with Gasteiger partial charge in [0, 0.05) is 19.1 Å². The Balaban J connectivity index is 2.57. The number of hydrogen-bond acceptors (Lipinski definition) is 3. The van der Waals surface area contributed by atoms with Gasteiger partial charge in [-0.25, -0.2) is 0 Å². The molecule has 0 spiro atoms. The summed E-state index contributed by atoms with van der Waals surface area (Å²) in [5, 5.41) is 11.4. The molecule has 2 N–H and O–H groups in total. The molecule has 0 saturated carbocycles. The topological polar surface area (TPSA) is 69.6 Å². The van der Waals surface area contributed by atoms with Gasteiger partial charge >= 0.3 is 5.97 Å². The molecule has 0 aliphatic carbocycles. The van der Waals surface area contributed by atoms with Crippen molar-refractivity contribution >= 4 is 11.9 Å². The number of aliphatic carboxylic acids is 1. The third-order valence-corrected chi connectivity index (χ3v) is 2.41. The summed E-state index contributed by atoms with van der Waals surface area (Å²) >= 11 is 0. The second-order valence-electron chi connectivity index (χ2n) is 4.38. The van der Waals surface area contributed by atoms with Crippen molar-refractivity contribution in [2.75, 3.05) is 19.6 Å². The van der Waals surface area contributed by atoms with Crippen molar-refractivity contribution in [3.63, 3.8) is 0 Å². The maximum atomic E-state index is 11.2. The summed E-state index contributed by atoms with van der Waals surface area (Å²) < 4.78 is 0. The summed E-state index contributed by atoms with van der Waals surface area (Å²) in [6.07, 6.45) is 0.0903. The average molecular weight is 214 g/mol. The van der Waals surface area contributed by atoms with Crippen LogP contribution in [0.3, 0.4) is 0 Å². The Kier molecular flexibility index (Phi) is 4.08. The molecule has 1 rings (SSSR count). The Morgan fingerprint density at radius 3 is 2.87 bits per heavy atom. The van der Waals surface area contributed by atoms with Crippen LogP contribution in [0.2, 0.25) is 0 Å². The summed E-state index contributed by atoms with van der Waals surface area (Å²) in [6, 6.07) is -0.0670. The van der Waals surface area contributed by atoms with E-state index in [1.54, 1.807) is 0 Å². The number of rotatable bonds is 4. The monoisotopic (exact) mass is 214 g/mol. The molecular weight excluding hydrogens is 196 g/mol. The van der Waals surface area contributed by atoms with Gasteiger partial charge < -0.3 is 10.4 Å². The molecule has 1 amide bonds. The SMILES string of the molecule is CC(C)CN1CC(=O)NCC1CC(=O)O. The van der Waals surface area contributed by atoms with Gasteiger partial charge in [0.25, 0.3) is 0 Å². The van der Waals surface area contributed by atoms with Crippen LogP contribution < -0.4 is 5.32 Å². The molecule has 0 radical (unpaired) electrons. The largest absolute Gasteiger partial charge is 0.481 e. The average Bonchev–Trinajstić information content (AvgIpc) is 2.08. The number of piperazine rings is 1. The molecule has 1 aliphatic heterocycles. The second kappa shape index (κ2) is 5.11. The summed E-state index contributed by atoms with van der Waals surface area (Å²) in [5.41, 5.74) is 0. The molecule has 0 aromatic carbocycles. The lowest BCUT2D eigenvalue weighted by atomic mass is 10.1. The smallest absolute Gasteiger partial charge is 0.305 e. The van der Waals surface area contributed by atoms with Crippen molar-refractivity contribution in [3.05, 3.63) is 0 Å². The minimum atomic E-state index is -0.815. The first-order chi connectivity index (χ1) is 6.99. The van der Waals surface area contributed by atoms with E-state index in [0.29, 0.717) is 19.0 Å². The molecule has 1 unspecified atom stereocenters. The number of nitrogens with one attached hydrogen (secondary N) is 1. The van der Waals surface area contributed by atoms with Gasteiger partial charge in [-0.05, 0) is 5.92 Å². The van der Waals surface area contributed by atoms with Gasteiger partial charge in [-0.3, -0.25) is 14.5 Å². The zero-order chi connectivity index (χ0) is 11.4. The molecule has 1 aliphatic rings. The summed E-state index contributed by atoms with van der Waals surface area (Å²) in [5.74, 6) is -0.394. The Bertz CT molecular complexity index is 253. The fourth-order valence-electron chi connectivity index (χ4n) is 1.82. The van der Waals surface area contributed by atoms with Crippen molar-refractivity contribution in [1.82, 2.24) is 10.2 Å². The molecule has 86 valence electrons. The van der Waals surface area contributed by atoms with E-state index >= 15 is 0 Å². The minimum absolute atomic E-state index is 0.0164. The molecule has 1 fully saturated rings. The molecule has 1 heterocycles. The first-order valence-corrected chi connectivity index (χ1v) is 5.21. The van der Waals surface area contributed by atoms with Crippen molar-refractivity contribution in [3.8, 4) is 0 Å². The maximum Gasteiger partial charge on any atom is 0.305 e. The molecular formula is C10H18N2O3. The lowest BCUT2D eigenvalue weighted by Gasteiger charge is -2.35. The van der Waals surface area contributed by atoms with Crippen LogP contribution >= 0.6 is 0 Å². The Labute approximate surface area is 89.4 Å². The zero-order valence-electron chi connectivity index (χ0n) is 9.19. The Morgan fingerprint density at radius 1 is 1.67 bits per heavy atom. The quantitative estimate of drug-likeness (QED) is 0.686. The van der Waals surface area contributed by atoms with E-state index < -0.39 is 5.97 Å². The Hall–Kier alpha value is -1.10. The molecule has 5 nitrogen and oxygen atoms in total. The van der Waals surface area contributed by atoms with Crippen molar-refractivity contribution < 1.29 is 14.7 Å². The van der Waals surface area contributed by atoms with Gasteiger partial charge in [0.15, 0.2) is 0 Å². The first kappa shape index (κ1) is 12.0. The normalized spacial score (nSPS) is 22.9. The molecule has 0 aromatic rings. The highest BCUT2D eigenvalue weighted by atomic mass is 16.4. The maximum absolute atomic E-state index is 11.2. The highest BCUT2D eigenvalue weighted by Gasteiger charge is 2.28. The van der Waals surface area contributed by atoms with E-state index in [1.165, 1.54) is 0 Å². The summed E-state index contributed by atoms with van der Waals surface area (Å²) in [7, 11) is 0. The molecule has 0 aromatic heterocycles. The molecule has 1 atom stereocenters. The predicted molar refractivity (Wildman–Crippen MR) is 55.5 cm³/mol. The second-order valence-corrected chi connectivity index (χ2v) is 4.38. The lowest BCUT2D eigenvalue weighted by molar-refractivity contribution is -0.140. The number of nitrogens with zero attached hydrogens (tertiary/aromatic N) is 1. The van der Waals surface area contributed by atoms with Crippen LogP contribution in [0.4, 0.5) is 0 Å². The number of carbonyl (C=O) groups is 2. The van der Waals surface area contributed by atoms with Gasteiger partial charge in [0.2, 0.25) is 5.91 Å². The minimum Gasteiger partial charge on any atom is -0.481 e. The number of carboxylic acids is 1. The van der Waals surface area contributed by atoms with Gasteiger partial charge in [-0.1, -0.05) is 13.8 Å². The molecule has 15 heavy (non-hydrogen) atoms. The number of hydrogen-bond donors (Lipinski definition) is 2. The zero-order valence-corrected chi connectivity index (χ0v) is 9.19. The lowest BCUT2D eigenvalue weighted by Crippen LogP contribution is -2.55. The Morgan fingerprint density at radius 2 is 2.33 bits per heavy atom. The van der Waals surface area contributed by atoms with Crippen LogP contribution in [0.5, 0.6) is 0 Å². The van der Waals surface area contributed by atoms with E-state index in [2.05, 4.69) is 19.2 Å². The third kappa shape index (κ3) is 3.87. The van der Waals surface area contributed by atoms with Crippen molar-refractivity contribution in [1.29, 1.82) is 0 Å². The highest BCUT2D eigenvalue weighted by Crippen LogP contribution is 2.10. The number of carboxylic acid groups (broad SMARTS) is 1. The third-order valence-electron chi connectivity index (χ3n) is 2.41. The fraction of sp³-hybridized carbons (Fsp3) is 0.800. The van der Waals surface area contributed by atoms with Crippen LogP contribution in [-0.2, 0) is 9.59 Å². The highest BCUT2D eigenvalue weighted by molar-refractivity contribution is 5.79. The summed E-state index contributed by atoms with van der Waals surface area (Å²) in [6.45, 7) is 5.65. The van der Waals surface area contributed by atoms with Crippen LogP contribution in [0.25, 0.3) is 0 Å². The summed E-state index contributed by atoms with van der Waals surface area (Å²) in [4.78, 5) is 23.8. The molecule has 5 heteroatoms. The molecule has 1 saturated heterocycles. The van der Waals surface area contributed by atoms with Gasteiger partial charge in [0.05, 0.1) is 13.0 Å². The van der Waals surface area contributed by atoms with E-state index in [1.807, 2.05) is 4.90 Å². The predicted octanol–water partition coefficient (Wildman–Crippen LogP) is -0.0825. The molecule has 0 bridgehead atoms. The van der Waals surface area contributed by atoms with Crippen LogP contribution in [0, 0.1) is 5.92 Å². The standard InChI is InChI=1S/C10H18N2O3/c1-7(2)5-12-6-9(13)11-4-8(12)3-10(14)15/h7-8H,3-6H2,1-2H3,(H,11,13)(H,14,15). The van der Waals surface area contributed by atoms with E-state index in [0.717, 1.165) is 6.54 Å². The van der Waals surface area contributed by atoms with Crippen molar-refractivity contribution in [2.45, 2.75) is 26.3 Å². The van der Waals surface area contributed by atoms with E-state index in [9.17, 15) is 9.59 Å². The van der Waals surface area contributed by atoms with Crippen LogP contribution in [-0.4, -0.2) is 47.6 Å². The number of amides is 1. The fourth-order valence-corrected chi connectivity index (χ4v) is 1.82. The van der Waals surface area contributed by atoms with Crippen LogP contribution in [0.15, 0.2) is 0 Å². The number of carbonyl (C=O) groups excluding carboxylic acids is 1. The van der Waals surface area contributed by atoms with Crippen LogP contribution in [0.1, 0.15) is 20.3 Å². The van der Waals surface area contributed by atoms with E-state index in [-0.39, 0.29) is 18.4 Å². The van der Waals surface area contributed by atoms with Gasteiger partial charge in [0.1, 0.15) is 0 Å². The van der Waals surface area contributed by atoms with Crippen molar-refractivity contribution in [2.24, 2.45) is 5.92 Å². The van der Waals surface area contributed by atoms with Gasteiger partial charge in [-0.15, -0.1) is 0 Å². The van der Waals surface area contributed by atoms with Gasteiger partial charge in [-0.2, -0.15) is 0 Å². The van der Waals surface area contributed by atoms with E-state index in [4.69, 9.17) is 5.11 Å². The first-order valence-electron chi connectivity index (χ1n) is 5.21.